The minimum atomic E-state index is -0.837. The summed E-state index contributed by atoms with van der Waals surface area (Å²) >= 11 is 0. The normalized spacial score (nSPS) is 10.4. The molecule has 0 heterocycles. The zero-order chi connectivity index (χ0) is 33.5. The van der Waals surface area contributed by atoms with Crippen LogP contribution < -0.4 is 0 Å². The molecule has 43 heavy (non-hydrogen) atoms. The monoisotopic (exact) mass is 608 g/mol. The molecule has 0 saturated carbocycles. The molecule has 1 unspecified atom stereocenters. The van der Waals surface area contributed by atoms with Gasteiger partial charge >= 0.3 is 29.8 Å². The Labute approximate surface area is 257 Å². The van der Waals surface area contributed by atoms with Gasteiger partial charge in [-0.05, 0) is 25.2 Å². The van der Waals surface area contributed by atoms with E-state index in [0.29, 0.717) is 25.6 Å². The van der Waals surface area contributed by atoms with Crippen LogP contribution in [0.2, 0.25) is 0 Å². The minimum absolute atomic E-state index is 0.0802. The fourth-order valence-electron chi connectivity index (χ4n) is 2.81. The lowest BCUT2D eigenvalue weighted by molar-refractivity contribution is -0.156. The molecular formula is C33H52O10. The Bertz CT molecular complexity index is 815. The van der Waals surface area contributed by atoms with E-state index >= 15 is 0 Å². The summed E-state index contributed by atoms with van der Waals surface area (Å²) in [5, 5.41) is 0. The van der Waals surface area contributed by atoms with Crippen molar-refractivity contribution in [3.05, 3.63) is 63.3 Å². The lowest BCUT2D eigenvalue weighted by Gasteiger charge is -2.30. The van der Waals surface area contributed by atoms with E-state index in [1.807, 2.05) is 6.92 Å². The van der Waals surface area contributed by atoms with E-state index < -0.39 is 23.3 Å². The van der Waals surface area contributed by atoms with Gasteiger partial charge in [-0.25, -0.2) is 24.0 Å². The molecule has 10 nitrogen and oxygen atoms in total. The molecule has 0 aliphatic rings. The van der Waals surface area contributed by atoms with E-state index in [1.165, 1.54) is 25.0 Å². The highest BCUT2D eigenvalue weighted by Crippen LogP contribution is 2.24. The molecule has 0 fully saturated rings. The number of hydrogen-bond acceptors (Lipinski definition) is 10. The zero-order valence-corrected chi connectivity index (χ0v) is 26.6. The molecule has 1 atom stereocenters. The molecule has 0 aliphatic heterocycles. The summed E-state index contributed by atoms with van der Waals surface area (Å²) in [6, 6.07) is 0. The van der Waals surface area contributed by atoms with Gasteiger partial charge in [0.2, 0.25) is 0 Å². The first-order valence-electron chi connectivity index (χ1n) is 14.4. The molecular weight excluding hydrogens is 556 g/mol. The smallest absolute Gasteiger partial charge is 0.330 e. The minimum Gasteiger partial charge on any atom is -0.463 e. The molecule has 0 N–H and O–H groups in total. The van der Waals surface area contributed by atoms with Crippen LogP contribution in [-0.4, -0.2) is 62.9 Å². The van der Waals surface area contributed by atoms with Crippen LogP contribution in [0.15, 0.2) is 63.3 Å². The molecule has 0 aromatic heterocycles. The van der Waals surface area contributed by atoms with Crippen LogP contribution in [0.1, 0.15) is 72.6 Å². The van der Waals surface area contributed by atoms with Crippen LogP contribution in [0.5, 0.6) is 0 Å². The lowest BCUT2D eigenvalue weighted by Crippen LogP contribution is -2.38. The molecule has 0 amide bonds. The Morgan fingerprint density at radius 2 is 0.953 bits per heavy atom. The Morgan fingerprint density at radius 1 is 0.581 bits per heavy atom. The molecule has 0 saturated heterocycles. The first kappa shape index (κ1) is 43.5. The Hall–Kier alpha value is -3.95. The van der Waals surface area contributed by atoms with Gasteiger partial charge in [-0.2, -0.15) is 0 Å². The third-order valence-electron chi connectivity index (χ3n) is 5.89. The average molecular weight is 609 g/mol. The predicted molar refractivity (Wildman–Crippen MR) is 167 cm³/mol. The van der Waals surface area contributed by atoms with Gasteiger partial charge in [-0.15, -0.1) is 0 Å². The standard InChI is InChI=1S/C15H20O6.C11H20O2.C7H12O2/c1-5-12(16)19-9-15(8-4,10-20-13(17)6-2)11-21-14(18)7-3;1-4-7-8-10(5-2)9-13-11(12)6-3;1-3-5-6-9-7(8)4-2/h5-7H,1-3,8-11H2,4H3;6,10H,3-5,7-9H2,1-2H3;4H,2-3,5-6H2,1H3. The number of unbranched alkanes of at least 4 members (excludes halogenated alkanes) is 2. The van der Waals surface area contributed by atoms with E-state index in [0.717, 1.165) is 43.9 Å². The van der Waals surface area contributed by atoms with Gasteiger partial charge in [0, 0.05) is 30.4 Å². The van der Waals surface area contributed by atoms with Crippen molar-refractivity contribution >= 4 is 29.8 Å². The first-order chi connectivity index (χ1) is 20.5. The van der Waals surface area contributed by atoms with E-state index in [2.05, 4.69) is 51.5 Å². The highest BCUT2D eigenvalue weighted by atomic mass is 16.6. The Morgan fingerprint density at radius 3 is 1.28 bits per heavy atom. The van der Waals surface area contributed by atoms with Crippen LogP contribution in [0.25, 0.3) is 0 Å². The summed E-state index contributed by atoms with van der Waals surface area (Å²) in [6.07, 6.45) is 12.5. The van der Waals surface area contributed by atoms with Crippen molar-refractivity contribution in [1.82, 2.24) is 0 Å². The van der Waals surface area contributed by atoms with Gasteiger partial charge < -0.3 is 23.7 Å². The van der Waals surface area contributed by atoms with Gasteiger partial charge in [0.15, 0.2) is 0 Å². The second-order valence-electron chi connectivity index (χ2n) is 9.26. The second kappa shape index (κ2) is 29.5. The van der Waals surface area contributed by atoms with Crippen molar-refractivity contribution in [2.75, 3.05) is 33.0 Å². The SMILES string of the molecule is C=CC(=O)OCC(CC)(COC(=O)C=C)COC(=O)C=C.C=CC(=O)OCC(CC)CCCC.C=CC(=O)OCCCC. The van der Waals surface area contributed by atoms with Crippen LogP contribution >= 0.6 is 0 Å². The van der Waals surface area contributed by atoms with Crippen molar-refractivity contribution in [1.29, 1.82) is 0 Å². The maximum Gasteiger partial charge on any atom is 0.330 e. The third kappa shape index (κ3) is 26.7. The quantitative estimate of drug-likeness (QED) is 0.0660. The highest BCUT2D eigenvalue weighted by molar-refractivity contribution is 5.82. The maximum atomic E-state index is 11.2. The molecule has 0 radical (unpaired) electrons. The summed E-state index contributed by atoms with van der Waals surface area (Å²) in [5.41, 5.74) is -0.837. The number of rotatable bonds is 21. The first-order valence-corrected chi connectivity index (χ1v) is 14.4. The molecule has 244 valence electrons. The summed E-state index contributed by atoms with van der Waals surface area (Å²) in [4.78, 5) is 54.6. The van der Waals surface area contributed by atoms with E-state index in [-0.39, 0.29) is 31.8 Å². The molecule has 0 aliphatic carbocycles. The van der Waals surface area contributed by atoms with E-state index in [9.17, 15) is 24.0 Å². The van der Waals surface area contributed by atoms with Crippen LogP contribution in [0, 0.1) is 11.3 Å². The number of ether oxygens (including phenoxy) is 5. The van der Waals surface area contributed by atoms with Gasteiger partial charge in [0.25, 0.3) is 0 Å². The summed E-state index contributed by atoms with van der Waals surface area (Å²) in [6.45, 7) is 25.4. The molecule has 0 rings (SSSR count). The second-order valence-corrected chi connectivity index (χ2v) is 9.26. The Kier molecular flexibility index (Phi) is 29.9. The fraction of sp³-hybridized carbons (Fsp3) is 0.545. The van der Waals surface area contributed by atoms with Crippen molar-refractivity contribution in [3.63, 3.8) is 0 Å². The Balaban J connectivity index is -0.000000618. The van der Waals surface area contributed by atoms with Gasteiger partial charge in [0.1, 0.15) is 19.8 Å². The van der Waals surface area contributed by atoms with Gasteiger partial charge in [-0.3, -0.25) is 0 Å². The number of carbonyl (C=O) groups is 5. The van der Waals surface area contributed by atoms with Crippen LogP contribution in [0.3, 0.4) is 0 Å². The highest BCUT2D eigenvalue weighted by Gasteiger charge is 2.33. The third-order valence-corrected chi connectivity index (χ3v) is 5.89. The topological polar surface area (TPSA) is 132 Å². The lowest BCUT2D eigenvalue weighted by atomic mass is 9.88. The number of esters is 5. The van der Waals surface area contributed by atoms with Crippen LogP contribution in [-0.2, 0) is 47.7 Å². The summed E-state index contributed by atoms with van der Waals surface area (Å²) < 4.78 is 24.6. The summed E-state index contributed by atoms with van der Waals surface area (Å²) in [5.74, 6) is -1.96. The van der Waals surface area contributed by atoms with E-state index in [1.54, 1.807) is 6.92 Å². The number of hydrogen-bond donors (Lipinski definition) is 0. The fourth-order valence-corrected chi connectivity index (χ4v) is 2.81. The van der Waals surface area contributed by atoms with Crippen molar-refractivity contribution < 1.29 is 47.7 Å². The summed E-state index contributed by atoms with van der Waals surface area (Å²) in [7, 11) is 0. The van der Waals surface area contributed by atoms with Gasteiger partial charge in [-0.1, -0.05) is 86.3 Å². The molecule has 10 heteroatoms. The molecule has 0 bridgehead atoms. The molecule has 0 spiro atoms. The molecule has 0 aromatic carbocycles. The van der Waals surface area contributed by atoms with Gasteiger partial charge in [0.05, 0.1) is 18.6 Å². The van der Waals surface area contributed by atoms with E-state index in [4.69, 9.17) is 18.9 Å². The molecule has 0 aromatic rings. The predicted octanol–water partition coefficient (Wildman–Crippen LogP) is 6.02. The van der Waals surface area contributed by atoms with Crippen molar-refractivity contribution in [2.45, 2.75) is 72.6 Å². The number of carbonyl (C=O) groups excluding carboxylic acids is 5. The zero-order valence-electron chi connectivity index (χ0n) is 26.6. The largest absolute Gasteiger partial charge is 0.463 e. The van der Waals surface area contributed by atoms with Crippen LogP contribution in [0.4, 0.5) is 0 Å². The van der Waals surface area contributed by atoms with Crippen molar-refractivity contribution in [2.24, 2.45) is 11.3 Å². The van der Waals surface area contributed by atoms with Crippen molar-refractivity contribution in [3.8, 4) is 0 Å². The average Bonchev–Trinajstić information content (AvgIpc) is 3.04. The maximum absolute atomic E-state index is 11.2.